The maximum absolute atomic E-state index is 12.0. The monoisotopic (exact) mass is 269 g/mol. The second-order valence-electron chi connectivity index (χ2n) is 4.82. The van der Waals surface area contributed by atoms with Crippen molar-refractivity contribution in [1.29, 1.82) is 0 Å². The van der Waals surface area contributed by atoms with E-state index in [1.165, 1.54) is 0 Å². The van der Waals surface area contributed by atoms with Crippen LogP contribution in [0.3, 0.4) is 0 Å². The number of aromatic nitrogens is 1. The minimum atomic E-state index is -0.225. The molecule has 2 amide bonds. The molecule has 2 rings (SSSR count). The van der Waals surface area contributed by atoms with Gasteiger partial charge in [0, 0.05) is 11.9 Å². The number of aryl methyl sites for hydroxylation is 1. The van der Waals surface area contributed by atoms with Gasteiger partial charge >= 0.3 is 6.03 Å². The van der Waals surface area contributed by atoms with Gasteiger partial charge in [-0.1, -0.05) is 18.2 Å². The smallest absolute Gasteiger partial charge is 0.319 e. The van der Waals surface area contributed by atoms with Crippen molar-refractivity contribution >= 4 is 11.7 Å². The van der Waals surface area contributed by atoms with Crippen LogP contribution in [0.1, 0.15) is 29.8 Å². The molecule has 0 fully saturated rings. The predicted octanol–water partition coefficient (Wildman–Crippen LogP) is 3.58. The maximum Gasteiger partial charge on any atom is 0.319 e. The van der Waals surface area contributed by atoms with E-state index >= 15 is 0 Å². The third-order valence-electron chi connectivity index (χ3n) is 3.33. The summed E-state index contributed by atoms with van der Waals surface area (Å²) < 4.78 is 0. The molecule has 0 bridgehead atoms. The Balaban J connectivity index is 2.01. The molecule has 20 heavy (non-hydrogen) atoms. The van der Waals surface area contributed by atoms with Crippen LogP contribution in [0.4, 0.5) is 10.5 Å². The highest BCUT2D eigenvalue weighted by Crippen LogP contribution is 2.18. The minimum absolute atomic E-state index is 0.138. The first kappa shape index (κ1) is 14.1. The van der Waals surface area contributed by atoms with Gasteiger partial charge in [0.25, 0.3) is 0 Å². The summed E-state index contributed by atoms with van der Waals surface area (Å²) in [5.41, 5.74) is 3.90. The number of rotatable bonds is 3. The number of hydrogen-bond donors (Lipinski definition) is 2. The topological polar surface area (TPSA) is 54.0 Å². The van der Waals surface area contributed by atoms with E-state index in [0.717, 1.165) is 22.5 Å². The predicted molar refractivity (Wildman–Crippen MR) is 80.7 cm³/mol. The van der Waals surface area contributed by atoms with Crippen molar-refractivity contribution in [3.63, 3.8) is 0 Å². The molecule has 0 saturated heterocycles. The molecule has 0 aliphatic rings. The number of nitrogens with one attached hydrogen (secondary N) is 2. The van der Waals surface area contributed by atoms with E-state index in [9.17, 15) is 4.79 Å². The Bertz CT molecular complexity index is 596. The SMILES string of the molecule is Cc1cccc(NC(=O)N[C@H](C)c2ccccn2)c1C. The van der Waals surface area contributed by atoms with Crippen molar-refractivity contribution in [1.82, 2.24) is 10.3 Å². The molecule has 0 spiro atoms. The third-order valence-corrected chi connectivity index (χ3v) is 3.33. The largest absolute Gasteiger partial charge is 0.330 e. The van der Waals surface area contributed by atoms with E-state index in [2.05, 4.69) is 15.6 Å². The lowest BCUT2D eigenvalue weighted by Gasteiger charge is -2.15. The number of carbonyl (C=O) groups is 1. The molecule has 0 unspecified atom stereocenters. The molecule has 4 nitrogen and oxygen atoms in total. The van der Waals surface area contributed by atoms with Gasteiger partial charge in [0.1, 0.15) is 0 Å². The summed E-state index contributed by atoms with van der Waals surface area (Å²) in [5.74, 6) is 0. The molecule has 104 valence electrons. The van der Waals surface area contributed by atoms with Crippen molar-refractivity contribution in [2.24, 2.45) is 0 Å². The van der Waals surface area contributed by atoms with Gasteiger partial charge in [0.2, 0.25) is 0 Å². The summed E-state index contributed by atoms with van der Waals surface area (Å²) in [6.45, 7) is 5.92. The Morgan fingerprint density at radius 3 is 2.65 bits per heavy atom. The van der Waals surface area contributed by atoms with E-state index in [-0.39, 0.29) is 12.1 Å². The summed E-state index contributed by atoms with van der Waals surface area (Å²) in [4.78, 5) is 16.2. The molecule has 0 saturated carbocycles. The normalized spacial score (nSPS) is 11.8. The van der Waals surface area contributed by atoms with E-state index in [1.807, 2.05) is 57.2 Å². The molecule has 2 N–H and O–H groups in total. The van der Waals surface area contributed by atoms with Gasteiger partial charge in [-0.2, -0.15) is 0 Å². The average molecular weight is 269 g/mol. The molecule has 1 heterocycles. The molecule has 4 heteroatoms. The van der Waals surface area contributed by atoms with Crippen molar-refractivity contribution < 1.29 is 4.79 Å². The fourth-order valence-corrected chi connectivity index (χ4v) is 1.95. The molecular formula is C16H19N3O. The zero-order chi connectivity index (χ0) is 14.5. The first-order chi connectivity index (χ1) is 9.58. The van der Waals surface area contributed by atoms with Crippen LogP contribution in [0, 0.1) is 13.8 Å². The number of amides is 2. The second-order valence-corrected chi connectivity index (χ2v) is 4.82. The Labute approximate surface area is 119 Å². The van der Waals surface area contributed by atoms with E-state index in [0.29, 0.717) is 0 Å². The number of urea groups is 1. The third kappa shape index (κ3) is 3.35. The fourth-order valence-electron chi connectivity index (χ4n) is 1.95. The van der Waals surface area contributed by atoms with E-state index in [4.69, 9.17) is 0 Å². The minimum Gasteiger partial charge on any atom is -0.330 e. The molecule has 1 aromatic carbocycles. The van der Waals surface area contributed by atoms with E-state index in [1.54, 1.807) is 6.20 Å². The van der Waals surface area contributed by atoms with E-state index < -0.39 is 0 Å². The van der Waals surface area contributed by atoms with Gasteiger partial charge in [-0.05, 0) is 50.1 Å². The summed E-state index contributed by atoms with van der Waals surface area (Å²) in [7, 11) is 0. The second kappa shape index (κ2) is 6.19. The maximum atomic E-state index is 12.0. The average Bonchev–Trinajstić information content (AvgIpc) is 2.45. The Kier molecular flexibility index (Phi) is 4.35. The van der Waals surface area contributed by atoms with Gasteiger partial charge in [0.05, 0.1) is 11.7 Å². The van der Waals surface area contributed by atoms with Gasteiger partial charge in [-0.15, -0.1) is 0 Å². The zero-order valence-electron chi connectivity index (χ0n) is 12.0. The Morgan fingerprint density at radius 1 is 1.15 bits per heavy atom. The van der Waals surface area contributed by atoms with Gasteiger partial charge in [0.15, 0.2) is 0 Å². The number of hydrogen-bond acceptors (Lipinski definition) is 2. The lowest BCUT2D eigenvalue weighted by molar-refractivity contribution is 0.249. The Hall–Kier alpha value is -2.36. The highest BCUT2D eigenvalue weighted by atomic mass is 16.2. The van der Waals surface area contributed by atoms with Crippen LogP contribution in [0.2, 0.25) is 0 Å². The van der Waals surface area contributed by atoms with Crippen LogP contribution < -0.4 is 10.6 Å². The van der Waals surface area contributed by atoms with Gasteiger partial charge in [-0.3, -0.25) is 4.98 Å². The van der Waals surface area contributed by atoms with Crippen molar-refractivity contribution in [2.45, 2.75) is 26.8 Å². The zero-order valence-corrected chi connectivity index (χ0v) is 12.0. The molecule has 0 aliphatic carbocycles. The lowest BCUT2D eigenvalue weighted by atomic mass is 10.1. The van der Waals surface area contributed by atoms with Crippen LogP contribution >= 0.6 is 0 Å². The molecule has 0 radical (unpaired) electrons. The molecule has 1 atom stereocenters. The van der Waals surface area contributed by atoms with Crippen molar-refractivity contribution in [3.8, 4) is 0 Å². The summed E-state index contributed by atoms with van der Waals surface area (Å²) >= 11 is 0. The number of pyridine rings is 1. The highest BCUT2D eigenvalue weighted by Gasteiger charge is 2.11. The molecule has 2 aromatic rings. The lowest BCUT2D eigenvalue weighted by Crippen LogP contribution is -2.31. The quantitative estimate of drug-likeness (QED) is 0.894. The first-order valence-corrected chi connectivity index (χ1v) is 6.62. The van der Waals surface area contributed by atoms with Crippen LogP contribution in [0.5, 0.6) is 0 Å². The van der Waals surface area contributed by atoms with Crippen LogP contribution in [0.25, 0.3) is 0 Å². The number of anilines is 1. The Morgan fingerprint density at radius 2 is 1.95 bits per heavy atom. The van der Waals surface area contributed by atoms with Crippen LogP contribution in [0.15, 0.2) is 42.6 Å². The highest BCUT2D eigenvalue weighted by molar-refractivity contribution is 5.90. The van der Waals surface area contributed by atoms with Gasteiger partial charge < -0.3 is 10.6 Å². The van der Waals surface area contributed by atoms with Crippen molar-refractivity contribution in [3.05, 3.63) is 59.4 Å². The molecular weight excluding hydrogens is 250 g/mol. The molecule has 1 aromatic heterocycles. The van der Waals surface area contributed by atoms with Crippen LogP contribution in [-0.2, 0) is 0 Å². The fraction of sp³-hybridized carbons (Fsp3) is 0.250. The standard InChI is InChI=1S/C16H19N3O/c1-11-7-6-9-14(12(11)2)19-16(20)18-13(3)15-8-4-5-10-17-15/h4-10,13H,1-3H3,(H2,18,19,20)/t13-/m1/s1. The summed E-state index contributed by atoms with van der Waals surface area (Å²) in [6, 6.07) is 11.1. The van der Waals surface area contributed by atoms with Crippen molar-refractivity contribution in [2.75, 3.05) is 5.32 Å². The number of benzene rings is 1. The summed E-state index contributed by atoms with van der Waals surface area (Å²) in [5, 5.41) is 5.75. The van der Waals surface area contributed by atoms with Crippen LogP contribution in [-0.4, -0.2) is 11.0 Å². The number of nitrogens with zero attached hydrogens (tertiary/aromatic N) is 1. The summed E-state index contributed by atoms with van der Waals surface area (Å²) in [6.07, 6.45) is 1.72. The van der Waals surface area contributed by atoms with Gasteiger partial charge in [-0.25, -0.2) is 4.79 Å². The molecule has 0 aliphatic heterocycles. The first-order valence-electron chi connectivity index (χ1n) is 6.62. The number of carbonyl (C=O) groups excluding carboxylic acids is 1.